The van der Waals surface area contributed by atoms with Gasteiger partial charge in [-0.1, -0.05) is 24.6 Å². The molecule has 5 nitrogen and oxygen atoms in total. The Balaban J connectivity index is 2.30. The fourth-order valence-electron chi connectivity index (χ4n) is 3.17. The first-order valence-corrected chi connectivity index (χ1v) is 9.46. The predicted molar refractivity (Wildman–Crippen MR) is 105 cm³/mol. The van der Waals surface area contributed by atoms with Gasteiger partial charge in [-0.05, 0) is 36.2 Å². The summed E-state index contributed by atoms with van der Waals surface area (Å²) >= 11 is 5.77. The number of aliphatic carboxylic acids is 1. The molecule has 31 heavy (non-hydrogen) atoms. The van der Waals surface area contributed by atoms with Gasteiger partial charge in [0.25, 0.3) is 0 Å². The predicted octanol–water partition coefficient (Wildman–Crippen LogP) is 5.38. The van der Waals surface area contributed by atoms with Crippen molar-refractivity contribution in [2.24, 2.45) is 0 Å². The van der Waals surface area contributed by atoms with E-state index in [0.717, 1.165) is 18.2 Å². The standard InChI is InChI=1S/C21H16ClF4NO4/c1-2-15-12(7-10-3-4-11(22)8-14(10)24)20(31-21(25)26)18-16(30-9-17(28)29)6-5-13(23)19(18)27-15/h3-6,8,21H,2,7,9H2,1H3,(H,28,29). The van der Waals surface area contributed by atoms with Crippen LogP contribution in [-0.2, 0) is 17.6 Å². The largest absolute Gasteiger partial charge is 0.481 e. The normalized spacial score (nSPS) is 11.2. The van der Waals surface area contributed by atoms with Crippen LogP contribution in [0.25, 0.3) is 10.9 Å². The Kier molecular flexibility index (Phi) is 6.84. The molecular weight excluding hydrogens is 442 g/mol. The zero-order valence-electron chi connectivity index (χ0n) is 16.1. The molecule has 0 aliphatic heterocycles. The molecular formula is C21H16ClF4NO4. The maximum absolute atomic E-state index is 14.5. The lowest BCUT2D eigenvalue weighted by Gasteiger charge is -2.19. The van der Waals surface area contributed by atoms with Gasteiger partial charge in [0.1, 0.15) is 28.7 Å². The molecule has 1 N–H and O–H groups in total. The highest BCUT2D eigenvalue weighted by molar-refractivity contribution is 6.30. The molecule has 0 saturated heterocycles. The number of ether oxygens (including phenoxy) is 2. The Labute approximate surface area is 179 Å². The molecule has 0 radical (unpaired) electrons. The number of halogens is 5. The fraction of sp³-hybridized carbons (Fsp3) is 0.238. The van der Waals surface area contributed by atoms with Crippen molar-refractivity contribution in [1.82, 2.24) is 4.98 Å². The molecule has 0 aliphatic carbocycles. The van der Waals surface area contributed by atoms with Gasteiger partial charge in [0.2, 0.25) is 0 Å². The second-order valence-corrected chi connectivity index (χ2v) is 6.90. The molecule has 2 aromatic carbocycles. The first kappa shape index (κ1) is 22.6. The van der Waals surface area contributed by atoms with Crippen LogP contribution in [0.3, 0.4) is 0 Å². The van der Waals surface area contributed by atoms with E-state index in [1.807, 2.05) is 0 Å². The second kappa shape index (κ2) is 9.38. The van der Waals surface area contributed by atoms with E-state index in [-0.39, 0.29) is 51.3 Å². The summed E-state index contributed by atoms with van der Waals surface area (Å²) in [7, 11) is 0. The minimum atomic E-state index is -3.29. The third-order valence-electron chi connectivity index (χ3n) is 4.46. The van der Waals surface area contributed by atoms with Crippen LogP contribution < -0.4 is 9.47 Å². The number of hydrogen-bond donors (Lipinski definition) is 1. The number of carboxylic acids is 1. The van der Waals surface area contributed by atoms with Crippen LogP contribution in [0, 0.1) is 11.6 Å². The number of aryl methyl sites for hydroxylation is 1. The molecule has 0 fully saturated rings. The number of carbonyl (C=O) groups is 1. The van der Waals surface area contributed by atoms with Crippen molar-refractivity contribution >= 4 is 28.5 Å². The third kappa shape index (κ3) is 4.99. The van der Waals surface area contributed by atoms with Gasteiger partial charge in [-0.15, -0.1) is 0 Å². The van der Waals surface area contributed by atoms with Crippen LogP contribution in [0.15, 0.2) is 30.3 Å². The van der Waals surface area contributed by atoms with Crippen molar-refractivity contribution in [1.29, 1.82) is 0 Å². The molecule has 0 spiro atoms. The van der Waals surface area contributed by atoms with Crippen LogP contribution in [0.2, 0.25) is 5.02 Å². The van der Waals surface area contributed by atoms with Crippen LogP contribution in [0.5, 0.6) is 11.5 Å². The maximum atomic E-state index is 14.5. The molecule has 10 heteroatoms. The SMILES string of the molecule is CCc1nc2c(F)ccc(OCC(=O)O)c2c(OC(F)F)c1Cc1ccc(Cl)cc1F. The van der Waals surface area contributed by atoms with Gasteiger partial charge in [0, 0.05) is 22.7 Å². The lowest BCUT2D eigenvalue weighted by atomic mass is 9.98. The molecule has 0 saturated carbocycles. The molecule has 1 aromatic heterocycles. The average molecular weight is 458 g/mol. The third-order valence-corrected chi connectivity index (χ3v) is 4.70. The van der Waals surface area contributed by atoms with Crippen molar-refractivity contribution in [3.8, 4) is 11.5 Å². The van der Waals surface area contributed by atoms with E-state index >= 15 is 0 Å². The number of carboxylic acid groups (broad SMARTS) is 1. The number of aromatic nitrogens is 1. The van der Waals surface area contributed by atoms with Crippen molar-refractivity contribution in [3.63, 3.8) is 0 Å². The monoisotopic (exact) mass is 457 g/mol. The summed E-state index contributed by atoms with van der Waals surface area (Å²) in [5, 5.41) is 8.78. The molecule has 3 aromatic rings. The van der Waals surface area contributed by atoms with E-state index in [0.29, 0.717) is 0 Å². The van der Waals surface area contributed by atoms with E-state index in [9.17, 15) is 22.4 Å². The summed E-state index contributed by atoms with van der Waals surface area (Å²) in [5.41, 5.74) is 0.119. The highest BCUT2D eigenvalue weighted by Crippen LogP contribution is 2.40. The van der Waals surface area contributed by atoms with Crippen molar-refractivity contribution in [3.05, 3.63) is 63.8 Å². The van der Waals surface area contributed by atoms with Crippen LogP contribution in [-0.4, -0.2) is 29.3 Å². The van der Waals surface area contributed by atoms with Gasteiger partial charge >= 0.3 is 12.6 Å². The summed E-state index contributed by atoms with van der Waals surface area (Å²) in [4.78, 5) is 15.1. The summed E-state index contributed by atoms with van der Waals surface area (Å²) in [6.45, 7) is -2.42. The zero-order chi connectivity index (χ0) is 22.7. The maximum Gasteiger partial charge on any atom is 0.387 e. The molecule has 1 heterocycles. The Morgan fingerprint density at radius 1 is 1.19 bits per heavy atom. The average Bonchev–Trinajstić information content (AvgIpc) is 2.70. The Hall–Kier alpha value is -3.07. The van der Waals surface area contributed by atoms with Gasteiger partial charge < -0.3 is 14.6 Å². The summed E-state index contributed by atoms with van der Waals surface area (Å²) in [6, 6.07) is 5.98. The Bertz CT molecular complexity index is 1140. The van der Waals surface area contributed by atoms with E-state index < -0.39 is 36.6 Å². The fourth-order valence-corrected chi connectivity index (χ4v) is 3.33. The van der Waals surface area contributed by atoms with E-state index in [1.54, 1.807) is 6.92 Å². The number of benzene rings is 2. The smallest absolute Gasteiger partial charge is 0.387 e. The van der Waals surface area contributed by atoms with Gasteiger partial charge in [0.05, 0.1) is 5.39 Å². The number of pyridine rings is 1. The quantitative estimate of drug-likeness (QED) is 0.460. The summed E-state index contributed by atoms with van der Waals surface area (Å²) in [6.07, 6.45) is 0.00574. The minimum absolute atomic E-state index is 0.0993. The number of rotatable bonds is 8. The van der Waals surface area contributed by atoms with Crippen molar-refractivity contribution in [2.45, 2.75) is 26.4 Å². The number of hydrogen-bond acceptors (Lipinski definition) is 4. The van der Waals surface area contributed by atoms with Crippen molar-refractivity contribution < 1.29 is 36.9 Å². The lowest BCUT2D eigenvalue weighted by Crippen LogP contribution is -2.13. The molecule has 164 valence electrons. The highest BCUT2D eigenvalue weighted by atomic mass is 35.5. The highest BCUT2D eigenvalue weighted by Gasteiger charge is 2.25. The van der Waals surface area contributed by atoms with Crippen molar-refractivity contribution in [2.75, 3.05) is 6.61 Å². The van der Waals surface area contributed by atoms with Crippen LogP contribution in [0.1, 0.15) is 23.7 Å². The topological polar surface area (TPSA) is 68.7 Å². The number of alkyl halides is 2. The second-order valence-electron chi connectivity index (χ2n) is 6.46. The van der Waals surface area contributed by atoms with Gasteiger partial charge in [-0.3, -0.25) is 0 Å². The molecule has 3 rings (SSSR count). The Morgan fingerprint density at radius 2 is 1.94 bits per heavy atom. The van der Waals surface area contributed by atoms with E-state index in [1.165, 1.54) is 12.1 Å². The summed E-state index contributed by atoms with van der Waals surface area (Å²) < 4.78 is 65.4. The molecule has 0 aliphatic rings. The van der Waals surface area contributed by atoms with E-state index in [2.05, 4.69) is 4.98 Å². The molecule has 0 unspecified atom stereocenters. The molecule has 0 amide bonds. The van der Waals surface area contributed by atoms with E-state index in [4.69, 9.17) is 26.2 Å². The zero-order valence-corrected chi connectivity index (χ0v) is 16.9. The summed E-state index contributed by atoms with van der Waals surface area (Å²) in [5.74, 6) is -3.49. The molecule has 0 bridgehead atoms. The minimum Gasteiger partial charge on any atom is -0.481 e. The number of nitrogens with zero attached hydrogens (tertiary/aromatic N) is 1. The van der Waals surface area contributed by atoms with Crippen LogP contribution in [0.4, 0.5) is 17.6 Å². The van der Waals surface area contributed by atoms with Gasteiger partial charge in [0.15, 0.2) is 6.61 Å². The first-order valence-electron chi connectivity index (χ1n) is 9.08. The first-order chi connectivity index (χ1) is 14.7. The Morgan fingerprint density at radius 3 is 2.55 bits per heavy atom. The van der Waals surface area contributed by atoms with Gasteiger partial charge in [-0.2, -0.15) is 8.78 Å². The molecule has 0 atom stereocenters. The number of fused-ring (bicyclic) bond motifs is 1. The lowest BCUT2D eigenvalue weighted by molar-refractivity contribution is -0.139. The van der Waals surface area contributed by atoms with Crippen LogP contribution >= 0.6 is 11.6 Å². The van der Waals surface area contributed by atoms with Gasteiger partial charge in [-0.25, -0.2) is 18.6 Å².